The summed E-state index contributed by atoms with van der Waals surface area (Å²) in [5.74, 6) is 0.531. The van der Waals surface area contributed by atoms with E-state index in [0.717, 1.165) is 32.5 Å². The minimum absolute atomic E-state index is 0.232. The Balaban J connectivity index is 1.50. The van der Waals surface area contributed by atoms with Gasteiger partial charge in [0, 0.05) is 25.3 Å². The molecule has 4 rings (SSSR count). The second kappa shape index (κ2) is 8.63. The number of benzene rings is 2. The van der Waals surface area contributed by atoms with Crippen LogP contribution in [0.4, 0.5) is 4.39 Å². The summed E-state index contributed by atoms with van der Waals surface area (Å²) in [6.45, 7) is 5.03. The first-order valence-corrected chi connectivity index (χ1v) is 9.63. The van der Waals surface area contributed by atoms with Crippen molar-refractivity contribution in [2.75, 3.05) is 13.2 Å². The number of ether oxygens (including phenoxy) is 1. The van der Waals surface area contributed by atoms with E-state index in [4.69, 9.17) is 9.15 Å². The molecule has 1 aromatic heterocycles. The van der Waals surface area contributed by atoms with Crippen LogP contribution in [-0.2, 0) is 17.8 Å². The molecule has 3 aromatic rings. The average molecular weight is 381 g/mol. The highest BCUT2D eigenvalue weighted by Crippen LogP contribution is 2.21. The maximum Gasteiger partial charge on any atom is 0.247 e. The van der Waals surface area contributed by atoms with Crippen molar-refractivity contribution in [3.63, 3.8) is 0 Å². The van der Waals surface area contributed by atoms with Crippen LogP contribution in [-0.4, -0.2) is 34.4 Å². The van der Waals surface area contributed by atoms with Gasteiger partial charge in [0.25, 0.3) is 0 Å². The van der Waals surface area contributed by atoms with Gasteiger partial charge < -0.3 is 9.15 Å². The summed E-state index contributed by atoms with van der Waals surface area (Å²) in [7, 11) is 0. The lowest BCUT2D eigenvalue weighted by atomic mass is 10.1. The van der Waals surface area contributed by atoms with E-state index >= 15 is 0 Å². The Hall–Kier alpha value is -2.57. The first-order chi connectivity index (χ1) is 13.7. The van der Waals surface area contributed by atoms with Gasteiger partial charge in [0.15, 0.2) is 0 Å². The second-order valence-corrected chi connectivity index (χ2v) is 7.31. The zero-order valence-corrected chi connectivity index (χ0v) is 16.0. The van der Waals surface area contributed by atoms with E-state index in [9.17, 15) is 4.39 Å². The quantitative estimate of drug-likeness (QED) is 0.608. The first kappa shape index (κ1) is 18.8. The molecule has 0 bridgehead atoms. The maximum atomic E-state index is 13.5. The van der Waals surface area contributed by atoms with Crippen LogP contribution in [0.2, 0.25) is 0 Å². The van der Waals surface area contributed by atoms with Gasteiger partial charge in [-0.25, -0.2) is 4.39 Å². The Bertz CT molecular complexity index is 921. The molecule has 0 radical (unpaired) electrons. The van der Waals surface area contributed by atoms with Crippen LogP contribution in [0.1, 0.15) is 29.9 Å². The molecule has 1 aliphatic heterocycles. The summed E-state index contributed by atoms with van der Waals surface area (Å²) in [5.41, 5.74) is 3.06. The molecule has 1 saturated heterocycles. The summed E-state index contributed by atoms with van der Waals surface area (Å²) in [6, 6.07) is 14.7. The molecule has 6 heteroatoms. The molecule has 0 aliphatic carbocycles. The predicted octanol–water partition coefficient (Wildman–Crippen LogP) is 4.37. The van der Waals surface area contributed by atoms with Crippen molar-refractivity contribution in [3.05, 3.63) is 71.4 Å². The lowest BCUT2D eigenvalue weighted by Crippen LogP contribution is -2.31. The number of halogens is 1. The van der Waals surface area contributed by atoms with Crippen molar-refractivity contribution >= 4 is 0 Å². The molecular weight excluding hydrogens is 357 g/mol. The molecule has 1 fully saturated rings. The smallest absolute Gasteiger partial charge is 0.247 e. The third-order valence-corrected chi connectivity index (χ3v) is 4.87. The monoisotopic (exact) mass is 381 g/mol. The van der Waals surface area contributed by atoms with Gasteiger partial charge in [0.2, 0.25) is 11.8 Å². The number of hydrogen-bond acceptors (Lipinski definition) is 5. The molecule has 0 N–H and O–H groups in total. The van der Waals surface area contributed by atoms with Crippen LogP contribution in [0.5, 0.6) is 0 Å². The Morgan fingerprint density at radius 3 is 2.79 bits per heavy atom. The standard InChI is InChI=1S/C22H24FN3O2/c1-16-5-2-6-17(11-16)13-26(14-20-9-4-10-27-20)15-21-24-25-22(28-21)18-7-3-8-19(23)12-18/h2-3,5-8,11-12,20H,4,9-10,13-15H2,1H3. The van der Waals surface area contributed by atoms with Crippen LogP contribution in [0, 0.1) is 12.7 Å². The van der Waals surface area contributed by atoms with Gasteiger partial charge in [0.1, 0.15) is 5.82 Å². The highest BCUT2D eigenvalue weighted by Gasteiger charge is 2.21. The van der Waals surface area contributed by atoms with E-state index in [-0.39, 0.29) is 11.9 Å². The van der Waals surface area contributed by atoms with Gasteiger partial charge in [-0.05, 0) is 43.5 Å². The van der Waals surface area contributed by atoms with Crippen molar-refractivity contribution in [3.8, 4) is 11.5 Å². The molecule has 1 aliphatic rings. The third kappa shape index (κ3) is 4.82. The molecule has 0 saturated carbocycles. The summed E-state index contributed by atoms with van der Waals surface area (Å²) in [6.07, 6.45) is 2.41. The van der Waals surface area contributed by atoms with Gasteiger partial charge >= 0.3 is 0 Å². The van der Waals surface area contributed by atoms with Gasteiger partial charge in [0.05, 0.1) is 12.6 Å². The third-order valence-electron chi connectivity index (χ3n) is 4.87. The molecule has 2 heterocycles. The first-order valence-electron chi connectivity index (χ1n) is 9.63. The summed E-state index contributed by atoms with van der Waals surface area (Å²) < 4.78 is 25.1. The fourth-order valence-corrected chi connectivity index (χ4v) is 3.58. The van der Waals surface area contributed by atoms with Crippen LogP contribution < -0.4 is 0 Å². The van der Waals surface area contributed by atoms with E-state index in [0.29, 0.717) is 23.9 Å². The van der Waals surface area contributed by atoms with E-state index in [1.165, 1.54) is 23.3 Å². The zero-order valence-electron chi connectivity index (χ0n) is 16.0. The minimum Gasteiger partial charge on any atom is -0.419 e. The zero-order chi connectivity index (χ0) is 19.3. The fourth-order valence-electron chi connectivity index (χ4n) is 3.58. The van der Waals surface area contributed by atoms with Crippen molar-refractivity contribution in [2.24, 2.45) is 0 Å². The Morgan fingerprint density at radius 1 is 1.11 bits per heavy atom. The van der Waals surface area contributed by atoms with Crippen molar-refractivity contribution in [1.82, 2.24) is 15.1 Å². The van der Waals surface area contributed by atoms with Crippen LogP contribution in [0.15, 0.2) is 52.9 Å². The number of aryl methyl sites for hydroxylation is 1. The fraction of sp³-hybridized carbons (Fsp3) is 0.364. The Kier molecular flexibility index (Phi) is 5.78. The van der Waals surface area contributed by atoms with E-state index in [1.54, 1.807) is 12.1 Å². The van der Waals surface area contributed by atoms with E-state index in [1.807, 2.05) is 0 Å². The lowest BCUT2D eigenvalue weighted by molar-refractivity contribution is 0.0649. The molecule has 28 heavy (non-hydrogen) atoms. The molecule has 0 amide bonds. The SMILES string of the molecule is Cc1cccc(CN(Cc2nnc(-c3cccc(F)c3)o2)CC2CCCO2)c1. The molecule has 146 valence electrons. The Morgan fingerprint density at radius 2 is 2.00 bits per heavy atom. The number of nitrogens with zero attached hydrogens (tertiary/aromatic N) is 3. The molecule has 1 unspecified atom stereocenters. The normalized spacial score (nSPS) is 16.8. The summed E-state index contributed by atoms with van der Waals surface area (Å²) in [5, 5.41) is 8.27. The van der Waals surface area contributed by atoms with Crippen molar-refractivity contribution < 1.29 is 13.5 Å². The lowest BCUT2D eigenvalue weighted by Gasteiger charge is -2.24. The van der Waals surface area contributed by atoms with Crippen LogP contribution >= 0.6 is 0 Å². The highest BCUT2D eigenvalue weighted by molar-refractivity contribution is 5.52. The van der Waals surface area contributed by atoms with Crippen molar-refractivity contribution in [2.45, 2.75) is 39.0 Å². The van der Waals surface area contributed by atoms with Gasteiger partial charge in [-0.15, -0.1) is 10.2 Å². The van der Waals surface area contributed by atoms with E-state index in [2.05, 4.69) is 46.3 Å². The minimum atomic E-state index is -0.322. The molecule has 1 atom stereocenters. The highest BCUT2D eigenvalue weighted by atomic mass is 19.1. The average Bonchev–Trinajstić information content (AvgIpc) is 3.34. The second-order valence-electron chi connectivity index (χ2n) is 7.31. The summed E-state index contributed by atoms with van der Waals surface area (Å²) in [4.78, 5) is 2.27. The Labute approximate surface area is 164 Å². The molecule has 0 spiro atoms. The van der Waals surface area contributed by atoms with Gasteiger partial charge in [-0.2, -0.15) is 0 Å². The largest absolute Gasteiger partial charge is 0.419 e. The number of rotatable bonds is 7. The topological polar surface area (TPSA) is 51.4 Å². The van der Waals surface area contributed by atoms with Gasteiger partial charge in [-0.1, -0.05) is 35.9 Å². The molecular formula is C22H24FN3O2. The predicted molar refractivity (Wildman–Crippen MR) is 104 cm³/mol. The van der Waals surface area contributed by atoms with Crippen LogP contribution in [0.3, 0.4) is 0 Å². The summed E-state index contributed by atoms with van der Waals surface area (Å²) >= 11 is 0. The van der Waals surface area contributed by atoms with Crippen LogP contribution in [0.25, 0.3) is 11.5 Å². The number of aromatic nitrogens is 2. The van der Waals surface area contributed by atoms with Crippen molar-refractivity contribution in [1.29, 1.82) is 0 Å². The molecule has 5 nitrogen and oxygen atoms in total. The van der Waals surface area contributed by atoms with E-state index < -0.39 is 0 Å². The molecule has 2 aromatic carbocycles. The van der Waals surface area contributed by atoms with Gasteiger partial charge in [-0.3, -0.25) is 4.90 Å². The number of hydrogen-bond donors (Lipinski definition) is 0. The maximum absolute atomic E-state index is 13.5.